The maximum atomic E-state index is 11.8. The molecule has 1 heterocycles. The molecule has 1 rings (SSSR count). The Hall–Kier alpha value is -1.10. The van der Waals surface area contributed by atoms with E-state index in [4.69, 9.17) is 4.74 Å². The lowest BCUT2D eigenvalue weighted by Gasteiger charge is -2.20. The third kappa shape index (κ3) is 5.49. The van der Waals surface area contributed by atoms with Gasteiger partial charge in [-0.3, -0.25) is 14.5 Å². The predicted octanol–water partition coefficient (Wildman–Crippen LogP) is 0.884. The first-order chi connectivity index (χ1) is 8.63. The van der Waals surface area contributed by atoms with Crippen molar-refractivity contribution in [3.63, 3.8) is 0 Å². The Bertz CT molecular complexity index is 275. The second-order valence-corrected chi connectivity index (χ2v) is 4.83. The molecule has 0 aromatic rings. The fourth-order valence-corrected chi connectivity index (χ4v) is 1.95. The number of esters is 1. The molecular weight excluding hydrogens is 232 g/mol. The van der Waals surface area contributed by atoms with Gasteiger partial charge in [-0.25, -0.2) is 0 Å². The standard InChI is InChI=1S/C13H24N2O3/c1-3-4-9-18-13(17)11-14(2)10-12(16)15-7-5-6-8-15/h3-11H2,1-2H3. The van der Waals surface area contributed by atoms with E-state index in [1.54, 1.807) is 11.9 Å². The van der Waals surface area contributed by atoms with Crippen molar-refractivity contribution in [3.05, 3.63) is 0 Å². The minimum absolute atomic E-state index is 0.108. The molecule has 1 aliphatic rings. The highest BCUT2D eigenvalue weighted by Gasteiger charge is 2.20. The van der Waals surface area contributed by atoms with Crippen molar-refractivity contribution < 1.29 is 14.3 Å². The number of likely N-dealkylation sites (tertiary alicyclic amines) is 1. The zero-order valence-electron chi connectivity index (χ0n) is 11.5. The molecule has 1 saturated heterocycles. The number of carbonyl (C=O) groups excluding carboxylic acids is 2. The molecule has 5 nitrogen and oxygen atoms in total. The van der Waals surface area contributed by atoms with Gasteiger partial charge < -0.3 is 9.64 Å². The first kappa shape index (κ1) is 15.0. The smallest absolute Gasteiger partial charge is 0.320 e. The van der Waals surface area contributed by atoms with E-state index in [1.165, 1.54) is 0 Å². The van der Waals surface area contributed by atoms with E-state index in [1.807, 2.05) is 4.90 Å². The number of hydrogen-bond donors (Lipinski definition) is 0. The van der Waals surface area contributed by atoms with Gasteiger partial charge in [0.25, 0.3) is 0 Å². The SMILES string of the molecule is CCCCOC(=O)CN(C)CC(=O)N1CCCC1. The van der Waals surface area contributed by atoms with E-state index in [-0.39, 0.29) is 18.4 Å². The van der Waals surface area contributed by atoms with E-state index < -0.39 is 0 Å². The summed E-state index contributed by atoms with van der Waals surface area (Å²) in [5.41, 5.74) is 0. The van der Waals surface area contributed by atoms with Gasteiger partial charge in [0.2, 0.25) is 5.91 Å². The van der Waals surface area contributed by atoms with Crippen LogP contribution in [0, 0.1) is 0 Å². The van der Waals surface area contributed by atoms with E-state index in [0.717, 1.165) is 38.8 Å². The van der Waals surface area contributed by atoms with Crippen LogP contribution in [0.15, 0.2) is 0 Å². The number of carbonyl (C=O) groups is 2. The van der Waals surface area contributed by atoms with Gasteiger partial charge in [0.1, 0.15) is 0 Å². The summed E-state index contributed by atoms with van der Waals surface area (Å²) in [4.78, 5) is 26.8. The van der Waals surface area contributed by atoms with Crippen LogP contribution in [-0.2, 0) is 14.3 Å². The predicted molar refractivity (Wildman–Crippen MR) is 69.2 cm³/mol. The van der Waals surface area contributed by atoms with Gasteiger partial charge in [-0.2, -0.15) is 0 Å². The summed E-state index contributed by atoms with van der Waals surface area (Å²) < 4.78 is 5.05. The topological polar surface area (TPSA) is 49.9 Å². The number of amides is 1. The van der Waals surface area contributed by atoms with Crippen molar-refractivity contribution in [2.24, 2.45) is 0 Å². The van der Waals surface area contributed by atoms with E-state index >= 15 is 0 Å². The molecule has 5 heteroatoms. The zero-order valence-corrected chi connectivity index (χ0v) is 11.5. The lowest BCUT2D eigenvalue weighted by Crippen LogP contribution is -2.39. The van der Waals surface area contributed by atoms with Crippen LogP contribution in [0.5, 0.6) is 0 Å². The Kier molecular flexibility index (Phi) is 6.72. The molecule has 0 aromatic heterocycles. The van der Waals surface area contributed by atoms with E-state index in [9.17, 15) is 9.59 Å². The molecular formula is C13H24N2O3. The molecule has 0 radical (unpaired) electrons. The fourth-order valence-electron chi connectivity index (χ4n) is 1.95. The van der Waals surface area contributed by atoms with Crippen molar-refractivity contribution in [2.45, 2.75) is 32.6 Å². The van der Waals surface area contributed by atoms with Gasteiger partial charge >= 0.3 is 5.97 Å². The maximum Gasteiger partial charge on any atom is 0.320 e. The normalized spacial score (nSPS) is 15.2. The van der Waals surface area contributed by atoms with Crippen LogP contribution in [0.25, 0.3) is 0 Å². The van der Waals surface area contributed by atoms with Gasteiger partial charge in [0, 0.05) is 13.1 Å². The first-order valence-corrected chi connectivity index (χ1v) is 6.75. The average molecular weight is 256 g/mol. The minimum atomic E-state index is -0.250. The number of unbranched alkanes of at least 4 members (excludes halogenated alkanes) is 1. The first-order valence-electron chi connectivity index (χ1n) is 6.75. The molecule has 0 atom stereocenters. The Morgan fingerprint density at radius 3 is 2.50 bits per heavy atom. The number of nitrogens with zero attached hydrogens (tertiary/aromatic N) is 2. The summed E-state index contributed by atoms with van der Waals surface area (Å²) in [5.74, 6) is -0.142. The van der Waals surface area contributed by atoms with Crippen molar-refractivity contribution >= 4 is 11.9 Å². The van der Waals surface area contributed by atoms with E-state index in [2.05, 4.69) is 6.92 Å². The highest BCUT2D eigenvalue weighted by atomic mass is 16.5. The van der Waals surface area contributed by atoms with Crippen LogP contribution in [0.2, 0.25) is 0 Å². The molecule has 0 aliphatic carbocycles. The lowest BCUT2D eigenvalue weighted by atomic mass is 10.4. The summed E-state index contributed by atoms with van der Waals surface area (Å²) in [6.45, 7) is 4.71. The fraction of sp³-hybridized carbons (Fsp3) is 0.846. The van der Waals surface area contributed by atoms with Crippen LogP contribution in [0.3, 0.4) is 0 Å². The van der Waals surface area contributed by atoms with Gasteiger partial charge in [0.15, 0.2) is 0 Å². The van der Waals surface area contributed by atoms with Gasteiger partial charge in [-0.05, 0) is 26.3 Å². The Morgan fingerprint density at radius 1 is 1.22 bits per heavy atom. The van der Waals surface area contributed by atoms with Gasteiger partial charge in [-0.15, -0.1) is 0 Å². The second-order valence-electron chi connectivity index (χ2n) is 4.83. The van der Waals surface area contributed by atoms with Crippen molar-refractivity contribution in [3.8, 4) is 0 Å². The molecule has 0 aromatic carbocycles. The second kappa shape index (κ2) is 8.08. The number of rotatable bonds is 7. The van der Waals surface area contributed by atoms with Crippen LogP contribution in [0.4, 0.5) is 0 Å². The summed E-state index contributed by atoms with van der Waals surface area (Å²) in [5, 5.41) is 0. The number of likely N-dealkylation sites (N-methyl/N-ethyl adjacent to an activating group) is 1. The van der Waals surface area contributed by atoms with E-state index in [0.29, 0.717) is 13.2 Å². The Morgan fingerprint density at radius 2 is 1.89 bits per heavy atom. The molecule has 0 saturated carbocycles. The third-order valence-electron chi connectivity index (χ3n) is 3.02. The van der Waals surface area contributed by atoms with Crippen LogP contribution in [-0.4, -0.2) is 61.5 Å². The van der Waals surface area contributed by atoms with Crippen molar-refractivity contribution in [1.29, 1.82) is 0 Å². The minimum Gasteiger partial charge on any atom is -0.465 e. The van der Waals surface area contributed by atoms with Gasteiger partial charge in [-0.1, -0.05) is 13.3 Å². The molecule has 0 unspecified atom stereocenters. The molecule has 18 heavy (non-hydrogen) atoms. The summed E-state index contributed by atoms with van der Waals surface area (Å²) in [7, 11) is 1.77. The molecule has 1 aliphatic heterocycles. The largest absolute Gasteiger partial charge is 0.465 e. The highest BCUT2D eigenvalue weighted by Crippen LogP contribution is 2.07. The molecule has 0 N–H and O–H groups in total. The van der Waals surface area contributed by atoms with Crippen LogP contribution in [0.1, 0.15) is 32.6 Å². The lowest BCUT2D eigenvalue weighted by molar-refractivity contribution is -0.145. The highest BCUT2D eigenvalue weighted by molar-refractivity contribution is 5.79. The van der Waals surface area contributed by atoms with Crippen LogP contribution < -0.4 is 0 Å². The number of ether oxygens (including phenoxy) is 1. The van der Waals surface area contributed by atoms with Crippen molar-refractivity contribution in [1.82, 2.24) is 9.80 Å². The van der Waals surface area contributed by atoms with Gasteiger partial charge in [0.05, 0.1) is 19.7 Å². The molecule has 104 valence electrons. The quantitative estimate of drug-likeness (QED) is 0.501. The Labute approximate surface area is 109 Å². The summed E-state index contributed by atoms with van der Waals surface area (Å²) >= 11 is 0. The Balaban J connectivity index is 2.17. The summed E-state index contributed by atoms with van der Waals surface area (Å²) in [6.07, 6.45) is 4.09. The van der Waals surface area contributed by atoms with Crippen LogP contribution >= 0.6 is 0 Å². The monoisotopic (exact) mass is 256 g/mol. The van der Waals surface area contributed by atoms with Crippen molar-refractivity contribution in [2.75, 3.05) is 39.8 Å². The number of hydrogen-bond acceptors (Lipinski definition) is 4. The maximum absolute atomic E-state index is 11.8. The molecule has 0 spiro atoms. The molecule has 1 fully saturated rings. The molecule has 0 bridgehead atoms. The molecule has 1 amide bonds. The summed E-state index contributed by atoms with van der Waals surface area (Å²) in [6, 6.07) is 0. The third-order valence-corrected chi connectivity index (χ3v) is 3.02. The average Bonchev–Trinajstić information content (AvgIpc) is 2.82. The zero-order chi connectivity index (χ0) is 13.4.